The molecule has 0 radical (unpaired) electrons. The minimum Gasteiger partial charge on any atom is -0.506 e. The molecule has 2 aromatic rings. The van der Waals surface area contributed by atoms with Gasteiger partial charge in [0.05, 0.1) is 11.1 Å². The fraction of sp³-hybridized carbons (Fsp3) is 0.167. The monoisotopic (exact) mass is 435 g/mol. The van der Waals surface area contributed by atoms with E-state index in [1.54, 1.807) is 12.2 Å². The molecular formula is C30H29NO2. The van der Waals surface area contributed by atoms with E-state index in [2.05, 4.69) is 36.6 Å². The highest BCUT2D eigenvalue weighted by Gasteiger charge is 2.33. The van der Waals surface area contributed by atoms with E-state index in [9.17, 15) is 9.90 Å². The number of allylic oxidation sites excluding steroid dienone is 7. The maximum absolute atomic E-state index is 12.8. The number of hydrogen-bond donors (Lipinski definition) is 1. The fourth-order valence-corrected chi connectivity index (χ4v) is 4.03. The highest BCUT2D eigenvalue weighted by Crippen LogP contribution is 2.35. The van der Waals surface area contributed by atoms with Crippen LogP contribution in [-0.2, 0) is 4.79 Å². The number of nitrogens with zero attached hydrogens (tertiary/aromatic N) is 1. The molecule has 0 atom stereocenters. The molecule has 166 valence electrons. The molecule has 1 aliphatic carbocycles. The summed E-state index contributed by atoms with van der Waals surface area (Å²) < 4.78 is 0. The average Bonchev–Trinajstić information content (AvgIpc) is 2.84. The number of ketones is 1. The number of carbonyl (C=O) groups is 1. The van der Waals surface area contributed by atoms with E-state index in [1.807, 2.05) is 61.5 Å². The van der Waals surface area contributed by atoms with E-state index in [0.29, 0.717) is 16.7 Å². The Labute approximate surface area is 196 Å². The number of aryl methyl sites for hydroxylation is 1. The molecule has 3 heteroatoms. The maximum atomic E-state index is 12.8. The first-order valence-corrected chi connectivity index (χ1v) is 11.4. The molecule has 0 saturated heterocycles. The molecule has 1 aliphatic heterocycles. The lowest BCUT2D eigenvalue weighted by molar-refractivity contribution is -0.113. The van der Waals surface area contributed by atoms with Gasteiger partial charge in [-0.3, -0.25) is 4.79 Å². The summed E-state index contributed by atoms with van der Waals surface area (Å²) in [7, 11) is 0. The molecule has 0 spiro atoms. The van der Waals surface area contributed by atoms with Gasteiger partial charge in [-0.05, 0) is 59.9 Å². The molecule has 2 aromatic carbocycles. The Balaban J connectivity index is 1.57. The number of benzene rings is 2. The molecular weight excluding hydrogens is 406 g/mol. The molecule has 0 amide bonds. The van der Waals surface area contributed by atoms with Crippen molar-refractivity contribution in [2.75, 3.05) is 11.4 Å². The Morgan fingerprint density at radius 1 is 1.09 bits per heavy atom. The van der Waals surface area contributed by atoms with Gasteiger partial charge in [-0.1, -0.05) is 80.6 Å². The van der Waals surface area contributed by atoms with Gasteiger partial charge in [0.15, 0.2) is 0 Å². The number of carbonyl (C=O) groups excluding carboxylic acids is 1. The van der Waals surface area contributed by atoms with Crippen LogP contribution >= 0.6 is 0 Å². The molecule has 0 unspecified atom stereocenters. The molecule has 0 aromatic heterocycles. The molecule has 0 bridgehead atoms. The van der Waals surface area contributed by atoms with Crippen molar-refractivity contribution in [3.05, 3.63) is 124 Å². The number of anilines is 1. The van der Waals surface area contributed by atoms with E-state index in [1.165, 1.54) is 5.56 Å². The van der Waals surface area contributed by atoms with E-state index in [4.69, 9.17) is 0 Å². The van der Waals surface area contributed by atoms with Crippen LogP contribution in [0.4, 0.5) is 5.69 Å². The van der Waals surface area contributed by atoms with Crippen LogP contribution in [0.3, 0.4) is 0 Å². The van der Waals surface area contributed by atoms with Crippen molar-refractivity contribution in [1.29, 1.82) is 0 Å². The van der Waals surface area contributed by atoms with Gasteiger partial charge in [-0.2, -0.15) is 0 Å². The zero-order valence-electron chi connectivity index (χ0n) is 19.2. The number of Topliss-reactive ketones (excluding diaryl/α,β-unsaturated/α-hetero) is 1. The molecule has 0 fully saturated rings. The lowest BCUT2D eigenvalue weighted by Crippen LogP contribution is -2.27. The normalized spacial score (nSPS) is 17.8. The van der Waals surface area contributed by atoms with Crippen molar-refractivity contribution in [2.45, 2.75) is 26.7 Å². The molecule has 3 nitrogen and oxygen atoms in total. The summed E-state index contributed by atoms with van der Waals surface area (Å²) in [6.45, 7) is 9.09. The second-order valence-electron chi connectivity index (χ2n) is 8.38. The van der Waals surface area contributed by atoms with E-state index < -0.39 is 0 Å². The van der Waals surface area contributed by atoms with Crippen LogP contribution in [0.25, 0.3) is 12.2 Å². The number of para-hydroxylation sites is 1. The molecule has 1 N–H and O–H groups in total. The molecule has 1 heterocycles. The predicted octanol–water partition coefficient (Wildman–Crippen LogP) is 7.10. The van der Waals surface area contributed by atoms with Crippen LogP contribution < -0.4 is 4.90 Å². The first-order valence-electron chi connectivity index (χ1n) is 11.4. The predicted molar refractivity (Wildman–Crippen MR) is 138 cm³/mol. The van der Waals surface area contributed by atoms with Crippen LogP contribution in [0.15, 0.2) is 108 Å². The van der Waals surface area contributed by atoms with Gasteiger partial charge in [0.2, 0.25) is 5.78 Å². The lowest BCUT2D eigenvalue weighted by Gasteiger charge is -2.31. The average molecular weight is 436 g/mol. The second-order valence-corrected chi connectivity index (χ2v) is 8.38. The Morgan fingerprint density at radius 3 is 2.61 bits per heavy atom. The second kappa shape index (κ2) is 9.74. The third-order valence-electron chi connectivity index (χ3n) is 6.00. The number of aliphatic hydroxyl groups is 1. The summed E-state index contributed by atoms with van der Waals surface area (Å²) in [5, 5.41) is 10.6. The van der Waals surface area contributed by atoms with Gasteiger partial charge in [-0.25, -0.2) is 0 Å². The smallest absolute Gasteiger partial charge is 0.200 e. The fourth-order valence-electron chi connectivity index (χ4n) is 4.03. The van der Waals surface area contributed by atoms with Gasteiger partial charge in [-0.15, -0.1) is 0 Å². The van der Waals surface area contributed by atoms with Gasteiger partial charge in [0, 0.05) is 17.9 Å². The van der Waals surface area contributed by atoms with E-state index in [-0.39, 0.29) is 11.5 Å². The quantitative estimate of drug-likeness (QED) is 0.372. The van der Waals surface area contributed by atoms with Gasteiger partial charge < -0.3 is 10.0 Å². The van der Waals surface area contributed by atoms with Crippen LogP contribution in [0.1, 0.15) is 36.5 Å². The van der Waals surface area contributed by atoms with Crippen LogP contribution in [0, 0.1) is 6.92 Å². The summed E-state index contributed by atoms with van der Waals surface area (Å²) in [6.07, 6.45) is 13.5. The molecule has 4 rings (SSSR count). The van der Waals surface area contributed by atoms with E-state index >= 15 is 0 Å². The van der Waals surface area contributed by atoms with Crippen LogP contribution in [0.2, 0.25) is 0 Å². The van der Waals surface area contributed by atoms with Crippen molar-refractivity contribution in [1.82, 2.24) is 0 Å². The van der Waals surface area contributed by atoms with Gasteiger partial charge >= 0.3 is 0 Å². The minimum absolute atomic E-state index is 0.0284. The zero-order valence-corrected chi connectivity index (χ0v) is 19.2. The summed E-state index contributed by atoms with van der Waals surface area (Å²) in [6, 6.07) is 16.3. The van der Waals surface area contributed by atoms with Crippen LogP contribution in [-0.4, -0.2) is 17.4 Å². The summed E-state index contributed by atoms with van der Waals surface area (Å²) in [5.74, 6) is -0.131. The summed E-state index contributed by atoms with van der Waals surface area (Å²) in [4.78, 5) is 15.1. The van der Waals surface area contributed by atoms with Gasteiger partial charge in [0.25, 0.3) is 0 Å². The van der Waals surface area contributed by atoms with Crippen molar-refractivity contribution >= 4 is 23.6 Å². The third kappa shape index (κ3) is 4.68. The largest absolute Gasteiger partial charge is 0.506 e. The maximum Gasteiger partial charge on any atom is 0.200 e. The standard InChI is InChI=1S/C30H29NO2/c1-4-5-18-31-25(17-16-24-12-8-9-13-28(24)31)20-27-29(32)26(30(27)33)19-21(2)14-15-23-11-7-6-10-22(23)3/h6-17,19-20,32H,2,4-5,18H2,1,3H3/b15-14-,25-20-,26-19-. The summed E-state index contributed by atoms with van der Waals surface area (Å²) >= 11 is 0. The number of rotatable bonds is 7. The van der Waals surface area contributed by atoms with Crippen LogP contribution in [0.5, 0.6) is 0 Å². The number of hydrogen-bond acceptors (Lipinski definition) is 3. The topological polar surface area (TPSA) is 40.5 Å². The van der Waals surface area contributed by atoms with Crippen molar-refractivity contribution < 1.29 is 9.90 Å². The van der Waals surface area contributed by atoms with Crippen molar-refractivity contribution in [2.24, 2.45) is 0 Å². The summed E-state index contributed by atoms with van der Waals surface area (Å²) in [5.41, 5.74) is 6.77. The van der Waals surface area contributed by atoms with Gasteiger partial charge in [0.1, 0.15) is 5.76 Å². The Hall–Kier alpha value is -3.85. The minimum atomic E-state index is -0.159. The number of aliphatic hydroxyl groups excluding tert-OH is 1. The highest BCUT2D eigenvalue weighted by atomic mass is 16.3. The first-order chi connectivity index (χ1) is 16.0. The Morgan fingerprint density at radius 2 is 1.85 bits per heavy atom. The first kappa shape index (κ1) is 22.3. The Kier molecular flexibility index (Phi) is 6.60. The molecule has 0 saturated carbocycles. The number of fused-ring (bicyclic) bond motifs is 1. The molecule has 33 heavy (non-hydrogen) atoms. The zero-order chi connectivity index (χ0) is 23.4. The number of unbranched alkanes of at least 4 members (excludes halogenated alkanes) is 1. The van der Waals surface area contributed by atoms with E-state index in [0.717, 1.165) is 41.9 Å². The SMILES string of the molecule is C=C(/C=C\c1ccccc1C)/C=C1\C(=O)C(/C=C2/C=Cc3ccccc3N2CCCC)=C1O. The highest BCUT2D eigenvalue weighted by molar-refractivity contribution is 6.21. The van der Waals surface area contributed by atoms with Crippen molar-refractivity contribution in [3.63, 3.8) is 0 Å². The third-order valence-corrected chi connectivity index (χ3v) is 6.00. The Bertz CT molecular complexity index is 1250. The molecule has 2 aliphatic rings. The lowest BCUT2D eigenvalue weighted by atomic mass is 9.85. The van der Waals surface area contributed by atoms with Crippen molar-refractivity contribution in [3.8, 4) is 0 Å².